The van der Waals surface area contributed by atoms with Gasteiger partial charge in [0.25, 0.3) is 5.91 Å². The molecule has 1 aliphatic heterocycles. The highest BCUT2D eigenvalue weighted by molar-refractivity contribution is 6.56. The molecule has 0 saturated carbocycles. The van der Waals surface area contributed by atoms with Gasteiger partial charge in [0.05, 0.1) is 42.7 Å². The number of nitrogens with zero attached hydrogens (tertiary/aromatic N) is 3. The molecular formula is C37H39N3O7. The lowest BCUT2D eigenvalue weighted by atomic mass is 9.78. The molecule has 0 saturated heterocycles. The number of carbonyl (C=O) groups is 3. The van der Waals surface area contributed by atoms with Crippen molar-refractivity contribution in [2.75, 3.05) is 43.3 Å². The van der Waals surface area contributed by atoms with E-state index in [0.717, 1.165) is 51.0 Å². The summed E-state index contributed by atoms with van der Waals surface area (Å²) in [6.45, 7) is 13.0. The molecule has 1 amide bonds. The molecular weight excluding hydrogens is 598 g/mol. The Bertz CT molecular complexity index is 1830. The van der Waals surface area contributed by atoms with E-state index in [0.29, 0.717) is 24.4 Å². The third-order valence-corrected chi connectivity index (χ3v) is 8.25. The standard InChI is InChI=1S/C37H39N3O7/c1-8-39(16-17-47-27-13-11-26(45-7)12-14-27)25-10-15-28(22(4)20-25)29-34(41)31(35(29)42)30-32(37(44)46-9-2)38-40(36(30)43)33-23(5)18-21(3)19-24(33)6/h10-15,18-20,41H,8-9,16-17H2,1-7H3/b31-30+. The van der Waals surface area contributed by atoms with E-state index in [1.165, 1.54) is 0 Å². The van der Waals surface area contributed by atoms with Gasteiger partial charge in [-0.25, -0.2) is 4.79 Å². The molecule has 0 atom stereocenters. The molecule has 10 nitrogen and oxygen atoms in total. The van der Waals surface area contributed by atoms with Gasteiger partial charge < -0.3 is 24.2 Å². The van der Waals surface area contributed by atoms with Crippen molar-refractivity contribution >= 4 is 40.3 Å². The van der Waals surface area contributed by atoms with Gasteiger partial charge >= 0.3 is 5.97 Å². The first-order chi connectivity index (χ1) is 22.5. The maximum absolute atomic E-state index is 13.8. The number of Topliss-reactive ketones (excluding diaryl/α,β-unsaturated/α-hetero) is 1. The molecule has 0 radical (unpaired) electrons. The average molecular weight is 638 g/mol. The SMILES string of the molecule is CCOC(=O)C1=NN(c2c(C)cc(C)cc2C)C(=O)/C1=C1/C(=O)C(c2ccc(N(CC)CCOc3ccc(OC)cc3)cc2C)=C1O. The van der Waals surface area contributed by atoms with Crippen LogP contribution < -0.4 is 19.4 Å². The lowest BCUT2D eigenvalue weighted by Gasteiger charge is -2.27. The normalized spacial score (nSPS) is 15.9. The van der Waals surface area contributed by atoms with Gasteiger partial charge in [-0.15, -0.1) is 0 Å². The molecule has 2 aliphatic rings. The number of ether oxygens (including phenoxy) is 3. The molecule has 0 unspecified atom stereocenters. The highest BCUT2D eigenvalue weighted by atomic mass is 16.5. The van der Waals surface area contributed by atoms with Crippen LogP contribution in [0.5, 0.6) is 11.5 Å². The number of hydrogen-bond donors (Lipinski definition) is 1. The van der Waals surface area contributed by atoms with Gasteiger partial charge in [-0.3, -0.25) is 9.59 Å². The molecule has 0 spiro atoms. The quantitative estimate of drug-likeness (QED) is 0.203. The summed E-state index contributed by atoms with van der Waals surface area (Å²) in [4.78, 5) is 42.7. The number of rotatable bonds is 11. The van der Waals surface area contributed by atoms with Crippen molar-refractivity contribution in [3.63, 3.8) is 0 Å². The van der Waals surface area contributed by atoms with Crippen molar-refractivity contribution < 1.29 is 33.7 Å². The maximum Gasteiger partial charge on any atom is 0.359 e. The molecule has 1 aliphatic carbocycles. The number of likely N-dealkylation sites (N-methyl/N-ethyl adjacent to an activating group) is 1. The van der Waals surface area contributed by atoms with Crippen LogP contribution in [-0.2, 0) is 19.1 Å². The smallest absolute Gasteiger partial charge is 0.359 e. The van der Waals surface area contributed by atoms with Crippen LogP contribution in [0.4, 0.5) is 11.4 Å². The lowest BCUT2D eigenvalue weighted by Crippen LogP contribution is -2.32. The first kappa shape index (κ1) is 33.0. The summed E-state index contributed by atoms with van der Waals surface area (Å²) in [7, 11) is 1.62. The zero-order valence-electron chi connectivity index (χ0n) is 27.8. The fourth-order valence-electron chi connectivity index (χ4n) is 6.05. The van der Waals surface area contributed by atoms with Crippen molar-refractivity contribution in [3.8, 4) is 11.5 Å². The predicted molar refractivity (Wildman–Crippen MR) is 181 cm³/mol. The second kappa shape index (κ2) is 13.5. The van der Waals surface area contributed by atoms with Crippen LogP contribution in [0.25, 0.3) is 5.57 Å². The fourth-order valence-corrected chi connectivity index (χ4v) is 6.05. The number of amides is 1. The zero-order chi connectivity index (χ0) is 34.0. The summed E-state index contributed by atoms with van der Waals surface area (Å²) < 4.78 is 16.3. The number of ketones is 1. The van der Waals surface area contributed by atoms with Crippen molar-refractivity contribution in [3.05, 3.63) is 99.3 Å². The number of hydrogen-bond acceptors (Lipinski definition) is 9. The van der Waals surface area contributed by atoms with E-state index in [-0.39, 0.29) is 34.8 Å². The maximum atomic E-state index is 13.8. The predicted octanol–water partition coefficient (Wildman–Crippen LogP) is 5.95. The Morgan fingerprint density at radius 1 is 0.872 bits per heavy atom. The number of benzene rings is 3. The molecule has 10 heteroatoms. The van der Waals surface area contributed by atoms with Crippen molar-refractivity contribution in [2.24, 2.45) is 5.10 Å². The third-order valence-electron chi connectivity index (χ3n) is 8.25. The first-order valence-electron chi connectivity index (χ1n) is 15.5. The minimum atomic E-state index is -0.849. The van der Waals surface area contributed by atoms with Crippen LogP contribution in [0.2, 0.25) is 0 Å². The largest absolute Gasteiger partial charge is 0.506 e. The number of carbonyl (C=O) groups excluding carboxylic acids is 3. The van der Waals surface area contributed by atoms with E-state index >= 15 is 0 Å². The van der Waals surface area contributed by atoms with E-state index in [4.69, 9.17) is 14.2 Å². The van der Waals surface area contributed by atoms with Gasteiger partial charge in [0.2, 0.25) is 5.78 Å². The Balaban J connectivity index is 1.43. The van der Waals surface area contributed by atoms with Gasteiger partial charge in [-0.05, 0) is 100 Å². The highest BCUT2D eigenvalue weighted by Gasteiger charge is 2.47. The number of allylic oxidation sites excluding steroid dienone is 2. The minimum absolute atomic E-state index is 0.0478. The van der Waals surface area contributed by atoms with Crippen LogP contribution in [0, 0.1) is 27.7 Å². The summed E-state index contributed by atoms with van der Waals surface area (Å²) in [5, 5.41) is 16.7. The van der Waals surface area contributed by atoms with Crippen LogP contribution >= 0.6 is 0 Å². The highest BCUT2D eigenvalue weighted by Crippen LogP contribution is 2.42. The Labute approximate surface area is 274 Å². The second-order valence-corrected chi connectivity index (χ2v) is 11.4. The average Bonchev–Trinajstić information content (AvgIpc) is 3.36. The number of anilines is 2. The molecule has 47 heavy (non-hydrogen) atoms. The summed E-state index contributed by atoms with van der Waals surface area (Å²) in [5.41, 5.74) is 4.56. The van der Waals surface area contributed by atoms with E-state index in [2.05, 4.69) is 10.0 Å². The number of aliphatic hydroxyl groups excluding tert-OH is 1. The van der Waals surface area contributed by atoms with E-state index in [1.807, 2.05) is 83.1 Å². The number of esters is 1. The minimum Gasteiger partial charge on any atom is -0.506 e. The van der Waals surface area contributed by atoms with Gasteiger partial charge in [0, 0.05) is 12.2 Å². The van der Waals surface area contributed by atoms with E-state index in [9.17, 15) is 19.5 Å². The summed E-state index contributed by atoms with van der Waals surface area (Å²) in [6, 6.07) is 16.8. The summed E-state index contributed by atoms with van der Waals surface area (Å²) in [5.74, 6) is -0.926. The Morgan fingerprint density at radius 2 is 1.53 bits per heavy atom. The molecule has 1 N–H and O–H groups in total. The number of methoxy groups -OCH3 is 1. The summed E-state index contributed by atoms with van der Waals surface area (Å²) >= 11 is 0. The molecule has 3 aromatic carbocycles. The zero-order valence-corrected chi connectivity index (χ0v) is 27.8. The van der Waals surface area contributed by atoms with Gasteiger partial charge in [0.1, 0.15) is 23.9 Å². The Hall–Kier alpha value is -5.38. The Morgan fingerprint density at radius 3 is 2.11 bits per heavy atom. The topological polar surface area (TPSA) is 118 Å². The molecule has 3 aromatic rings. The number of hydrazone groups is 1. The van der Waals surface area contributed by atoms with Crippen LogP contribution in [0.15, 0.2) is 76.6 Å². The molecule has 0 aromatic heterocycles. The molecule has 0 fully saturated rings. The molecule has 244 valence electrons. The molecule has 0 bridgehead atoms. The van der Waals surface area contributed by atoms with E-state index in [1.54, 1.807) is 20.1 Å². The summed E-state index contributed by atoms with van der Waals surface area (Å²) in [6.07, 6.45) is 0. The van der Waals surface area contributed by atoms with Crippen molar-refractivity contribution in [1.29, 1.82) is 0 Å². The monoisotopic (exact) mass is 637 g/mol. The lowest BCUT2D eigenvalue weighted by molar-refractivity contribution is -0.135. The van der Waals surface area contributed by atoms with Gasteiger partial charge in [0.15, 0.2) is 5.71 Å². The van der Waals surface area contributed by atoms with Crippen LogP contribution in [0.1, 0.15) is 41.7 Å². The second-order valence-electron chi connectivity index (χ2n) is 11.4. The number of aryl methyl sites for hydroxylation is 4. The van der Waals surface area contributed by atoms with Gasteiger partial charge in [-0.1, -0.05) is 23.8 Å². The number of aliphatic hydroxyl groups is 1. The first-order valence-corrected chi connectivity index (χ1v) is 15.5. The third kappa shape index (κ3) is 6.23. The fraction of sp³-hybridized carbons (Fsp3) is 0.297. The van der Waals surface area contributed by atoms with Crippen molar-refractivity contribution in [2.45, 2.75) is 41.5 Å². The van der Waals surface area contributed by atoms with E-state index < -0.39 is 17.7 Å². The molecule has 5 rings (SSSR count). The van der Waals surface area contributed by atoms with Crippen LogP contribution in [0.3, 0.4) is 0 Å². The van der Waals surface area contributed by atoms with Crippen LogP contribution in [-0.4, -0.2) is 61.9 Å². The van der Waals surface area contributed by atoms with Crippen molar-refractivity contribution in [1.82, 2.24) is 0 Å². The Kier molecular flexibility index (Phi) is 9.51. The van der Waals surface area contributed by atoms with Gasteiger partial charge in [-0.2, -0.15) is 10.1 Å². The molecule has 1 heterocycles.